The number of hydrogen-bond donors (Lipinski definition) is 3. The summed E-state index contributed by atoms with van der Waals surface area (Å²) in [5.74, 6) is 5.53. The third kappa shape index (κ3) is 22.3. The van der Waals surface area contributed by atoms with Crippen molar-refractivity contribution in [2.75, 3.05) is 41.5 Å². The maximum Gasteiger partial charge on any atom is 0.127 e. The van der Waals surface area contributed by atoms with Crippen LogP contribution in [0, 0.1) is 57.3 Å². The molecule has 730 valence electrons. The molecule has 142 heavy (non-hydrogen) atoms. The van der Waals surface area contributed by atoms with Crippen LogP contribution in [0.3, 0.4) is 0 Å². The van der Waals surface area contributed by atoms with Gasteiger partial charge in [-0.3, -0.25) is 50.7 Å². The Kier molecular flexibility index (Phi) is 32.8. The van der Waals surface area contributed by atoms with Gasteiger partial charge in [0.05, 0.1) is 181 Å². The van der Waals surface area contributed by atoms with E-state index in [1.807, 2.05) is 115 Å². The lowest BCUT2D eigenvalue weighted by Gasteiger charge is -2.39. The number of para-hydroxylation sites is 11. The molecule has 0 amide bonds. The van der Waals surface area contributed by atoms with Crippen molar-refractivity contribution >= 4 is 55.2 Å². The van der Waals surface area contributed by atoms with Crippen LogP contribution in [0.25, 0.3) is 60.9 Å². The minimum Gasteiger partial charge on any atom is -0.385 e. The van der Waals surface area contributed by atoms with Gasteiger partial charge in [0, 0.05) is 97.0 Å². The third-order valence-electron chi connectivity index (χ3n) is 29.3. The maximum absolute atomic E-state index is 9.11. The van der Waals surface area contributed by atoms with Crippen LogP contribution in [0.1, 0.15) is 273 Å². The fourth-order valence-electron chi connectivity index (χ4n) is 22.3. The van der Waals surface area contributed by atoms with Crippen LogP contribution in [0.4, 0.5) is 0 Å². The first kappa shape index (κ1) is 98.5. The van der Waals surface area contributed by atoms with Gasteiger partial charge in [-0.05, 0) is 294 Å². The zero-order valence-electron chi connectivity index (χ0n) is 83.6. The molecule has 0 bridgehead atoms. The van der Waals surface area contributed by atoms with E-state index in [0.717, 1.165) is 214 Å². The molecule has 5 fully saturated rings. The number of imidazole rings is 5. The van der Waals surface area contributed by atoms with E-state index in [-0.39, 0.29) is 42.3 Å². The highest BCUT2D eigenvalue weighted by Crippen LogP contribution is 2.45. The van der Waals surface area contributed by atoms with Crippen molar-refractivity contribution in [3.8, 4) is 17.8 Å². The number of aromatic nitrogens is 17. The number of aryl methyl sites for hydroxylation is 9. The lowest BCUT2D eigenvalue weighted by Crippen LogP contribution is -2.35. The van der Waals surface area contributed by atoms with E-state index in [4.69, 9.17) is 54.9 Å². The van der Waals surface area contributed by atoms with Gasteiger partial charge in [0.1, 0.15) is 29.1 Å². The number of pyridine rings is 5. The van der Waals surface area contributed by atoms with Crippen LogP contribution in [0.15, 0.2) is 256 Å². The highest BCUT2D eigenvalue weighted by Gasteiger charge is 2.39. The minimum atomic E-state index is 0.171. The molecule has 11 aromatic heterocycles. The Morgan fingerprint density at radius 3 is 0.979 bits per heavy atom. The van der Waals surface area contributed by atoms with E-state index in [9.17, 15) is 0 Å². The van der Waals surface area contributed by atoms with Gasteiger partial charge in [0.15, 0.2) is 0 Å². The second kappa shape index (κ2) is 47.3. The topological polar surface area (TPSA) is 280 Å². The molecule has 22 rings (SSSR count). The molecule has 5 aliphatic heterocycles. The summed E-state index contributed by atoms with van der Waals surface area (Å²) in [7, 11) is 7.95. The summed E-state index contributed by atoms with van der Waals surface area (Å²) in [6, 6.07) is 80.0. The van der Waals surface area contributed by atoms with Crippen molar-refractivity contribution in [3.05, 3.63) is 347 Å². The Bertz CT molecular complexity index is 7140. The average molecular weight is 1900 g/mol. The zero-order valence-corrected chi connectivity index (χ0v) is 83.6. The smallest absolute Gasteiger partial charge is 0.127 e. The molecule has 16 heterocycles. The molecule has 0 unspecified atom stereocenters. The van der Waals surface area contributed by atoms with Crippen molar-refractivity contribution < 1.29 is 9.47 Å². The number of nitriles is 2. The van der Waals surface area contributed by atoms with Gasteiger partial charge in [0.25, 0.3) is 0 Å². The van der Waals surface area contributed by atoms with Crippen LogP contribution in [-0.2, 0) is 42.2 Å². The highest BCUT2D eigenvalue weighted by atomic mass is 16.5. The number of fused-ring (bicyclic) bond motifs is 5. The number of likely N-dealkylation sites (tertiary alicyclic amines) is 2. The van der Waals surface area contributed by atoms with Crippen LogP contribution >= 0.6 is 0 Å². The number of methoxy groups -OCH3 is 2. The molecule has 5 aliphatic rings. The van der Waals surface area contributed by atoms with Crippen molar-refractivity contribution in [2.24, 2.45) is 0 Å². The summed E-state index contributed by atoms with van der Waals surface area (Å²) in [5.41, 5.74) is 25.4. The maximum atomic E-state index is 9.11. The Balaban J connectivity index is 0.000000118. The summed E-state index contributed by atoms with van der Waals surface area (Å²) < 4.78 is 24.1. The minimum absolute atomic E-state index is 0.171. The van der Waals surface area contributed by atoms with E-state index < -0.39 is 0 Å². The number of nitrogens with one attached hydrogen (secondary N) is 3. The fourth-order valence-corrected chi connectivity index (χ4v) is 22.3. The molecule has 0 spiro atoms. The van der Waals surface area contributed by atoms with Crippen LogP contribution < -0.4 is 16.0 Å². The predicted molar refractivity (Wildman–Crippen MR) is 561 cm³/mol. The summed E-state index contributed by atoms with van der Waals surface area (Å²) in [6.45, 7) is 16.2. The SMILES string of the molecule is COCCCn1c([C@H]2CCC[C@@H](c3ncccc3C)N2)nc2ccccc21.COCCCn1c([C@H]2CCC[C@@H](c3ncccc3C)N2C)nc2ccccc21.Cc1cccnc1[C@@H]1CCC[C@H](c2nc3ccccc3n2CCC#N)N1.Cc1cccnc1[C@@H]1CCC[C@H](c2nc3ccccc3n2CCC#N)N1C.Cc1cccnc1[C@@H]1CCC[C@H](c2nc3ccccc3n2Cc2ccccc2-n2cccn2)N1. The van der Waals surface area contributed by atoms with Gasteiger partial charge < -0.3 is 32.3 Å². The van der Waals surface area contributed by atoms with Gasteiger partial charge >= 0.3 is 0 Å². The van der Waals surface area contributed by atoms with Gasteiger partial charge in [-0.25, -0.2) is 29.6 Å². The first-order valence-corrected chi connectivity index (χ1v) is 51.1. The second-order valence-corrected chi connectivity index (χ2v) is 38.5. The average Bonchev–Trinajstić information content (AvgIpc) is 1.64. The van der Waals surface area contributed by atoms with E-state index in [2.05, 4.69) is 275 Å². The Hall–Kier alpha value is -13.7. The van der Waals surface area contributed by atoms with Crippen molar-refractivity contribution in [1.29, 1.82) is 10.5 Å². The first-order valence-electron chi connectivity index (χ1n) is 51.1. The zero-order chi connectivity index (χ0) is 97.8. The predicted octanol–water partition coefficient (Wildman–Crippen LogP) is 23.3. The molecule has 10 atom stereocenters. The lowest BCUT2D eigenvalue weighted by atomic mass is 9.92. The third-order valence-corrected chi connectivity index (χ3v) is 29.3. The molecule has 26 heteroatoms. The first-order chi connectivity index (χ1) is 69.7. The molecule has 17 aromatic rings. The molecular weight excluding hydrogens is 1760 g/mol. The lowest BCUT2D eigenvalue weighted by molar-refractivity contribution is 0.103. The van der Waals surface area contributed by atoms with Gasteiger partial charge in [-0.2, -0.15) is 15.6 Å². The van der Waals surface area contributed by atoms with Crippen LogP contribution in [-0.4, -0.2) is 134 Å². The molecule has 26 nitrogen and oxygen atoms in total. The number of piperidine rings is 5. The molecule has 3 N–H and O–H groups in total. The van der Waals surface area contributed by atoms with Crippen LogP contribution in [0.5, 0.6) is 0 Å². The Morgan fingerprint density at radius 2 is 0.620 bits per heavy atom. The summed E-state index contributed by atoms with van der Waals surface area (Å²) in [6.07, 6.45) is 33.0. The standard InChI is InChI=1S/C28H28N6.C23H30N4O.C22H25N5.C22H28N4O.C21H23N5/c1-20-9-7-16-29-27(20)23-12-6-13-24(31-23)28-32-22-11-3-5-15-26(22)33(28)19-21-10-2-4-14-25(21)34-18-8-17-30-34;1-17-9-7-14-24-22(17)20-12-6-13-21(26(20)2)23-25-18-10-4-5-11-19(18)27(23)15-8-16-28-3;1-16-8-6-14-24-21(16)19-11-5-12-20(26(19)2)22-25-17-9-3-4-10-18(17)27(22)15-7-13-23;1-16-8-6-13-23-21(16)18-10-5-11-19(24-18)22-25-17-9-3-4-12-20(17)26(22)14-7-15-27-2;1-15-7-5-13-23-20(15)17-9-4-10-18(24-17)21-25-16-8-2-3-11-19(16)26(21)14-6-12-22/h2-5,7-11,14-18,23-24,31H,6,12-13,19H2,1H3;4-5,7,9-11,14,20-21H,6,8,12-13,15-16H2,1-3H3;3-4,6,8-10,14,19-20H,5,7,11-12,15H2,1-2H3;3-4,6,8-9,12-13,18-19,24H,5,7,10-11,14-15H2,1-2H3;2-3,5,7-8,11,13,17-18,24H,4,6,9-10,14H2,1H3/t23-,24+;20-,21+;19-,20+;18-,19+;17-,18+/m00000/s1. The van der Waals surface area contributed by atoms with E-state index in [0.29, 0.717) is 44.1 Å². The van der Waals surface area contributed by atoms with Crippen molar-refractivity contribution in [3.63, 3.8) is 0 Å². The van der Waals surface area contributed by atoms with Gasteiger partial charge in [0.2, 0.25) is 0 Å². The normalized spacial score (nSPS) is 19.9. The monoisotopic (exact) mass is 1900 g/mol. The molecule has 0 aliphatic carbocycles. The van der Waals surface area contributed by atoms with E-state index in [1.54, 1.807) is 14.2 Å². The highest BCUT2D eigenvalue weighted by molar-refractivity contribution is 5.79. The van der Waals surface area contributed by atoms with Gasteiger partial charge in [-0.1, -0.05) is 109 Å². The number of benzene rings is 6. The molecule has 5 saturated heterocycles. The van der Waals surface area contributed by atoms with Crippen molar-refractivity contribution in [1.82, 2.24) is 108 Å². The largest absolute Gasteiger partial charge is 0.385 e. The van der Waals surface area contributed by atoms with E-state index in [1.165, 1.54) is 80.2 Å². The quantitative estimate of drug-likeness (QED) is 0.0448. The summed E-state index contributed by atoms with van der Waals surface area (Å²) in [4.78, 5) is 53.4. The second-order valence-electron chi connectivity index (χ2n) is 38.5. The fraction of sp³-hybridized carbons (Fsp3) is 0.388. The molecule has 0 saturated carbocycles. The molecular formula is C116H134N24O2. The summed E-state index contributed by atoms with van der Waals surface area (Å²) in [5, 5.41) is 34.1. The Labute approximate surface area is 834 Å². The number of nitrogens with zero attached hydrogens (tertiary/aromatic N) is 21. The molecule has 0 radical (unpaired) electrons. The number of hydrogen-bond acceptors (Lipinski definition) is 20. The van der Waals surface area contributed by atoms with Crippen molar-refractivity contribution in [2.45, 2.75) is 250 Å². The van der Waals surface area contributed by atoms with Crippen LogP contribution in [0.2, 0.25) is 0 Å². The summed E-state index contributed by atoms with van der Waals surface area (Å²) >= 11 is 0. The molecule has 6 aromatic carbocycles. The number of rotatable bonds is 25. The Morgan fingerprint density at radius 1 is 0.317 bits per heavy atom. The van der Waals surface area contributed by atoms with Gasteiger partial charge in [-0.15, -0.1) is 0 Å². The number of ether oxygens (including phenoxy) is 2. The van der Waals surface area contributed by atoms with E-state index >= 15 is 0 Å².